The molecule has 1 aromatic heterocycles. The minimum Gasteiger partial charge on any atom is -0.464 e. The number of para-hydroxylation sites is 1. The number of nitrogens with one attached hydrogen (secondary N) is 1. The Kier molecular flexibility index (Phi) is 7.03. The van der Waals surface area contributed by atoms with Crippen molar-refractivity contribution in [1.29, 1.82) is 0 Å². The van der Waals surface area contributed by atoms with Crippen LogP contribution in [0.4, 0.5) is 4.79 Å². The van der Waals surface area contributed by atoms with Crippen LogP contribution in [0, 0.1) is 0 Å². The Bertz CT molecular complexity index is 1070. The Balaban J connectivity index is 1.63. The first kappa shape index (κ1) is 22.9. The van der Waals surface area contributed by atoms with Crippen LogP contribution in [-0.4, -0.2) is 79.1 Å². The molecular formula is C19H23BN2O8S. The van der Waals surface area contributed by atoms with Crippen molar-refractivity contribution in [2.75, 3.05) is 24.7 Å². The van der Waals surface area contributed by atoms with E-state index in [1.165, 1.54) is 11.2 Å². The number of hydrogen-bond acceptors (Lipinski definition) is 8. The van der Waals surface area contributed by atoms with E-state index in [1.807, 2.05) is 12.1 Å². The summed E-state index contributed by atoms with van der Waals surface area (Å²) in [5.74, 6) is -2.08. The average Bonchev–Trinajstić information content (AvgIpc) is 3.13. The third-order valence-electron chi connectivity index (χ3n) is 5.06. The highest BCUT2D eigenvalue weighted by atomic mass is 32.2. The van der Waals surface area contributed by atoms with Crippen LogP contribution in [0.5, 0.6) is 0 Å². The minimum absolute atomic E-state index is 0.0195. The van der Waals surface area contributed by atoms with Gasteiger partial charge in [-0.3, -0.25) is 4.79 Å². The van der Waals surface area contributed by atoms with Crippen molar-refractivity contribution >= 4 is 39.9 Å². The maximum Gasteiger partial charge on any atom is 0.475 e. The van der Waals surface area contributed by atoms with Gasteiger partial charge in [0.25, 0.3) is 0 Å². The molecule has 3 rings (SSSR count). The SMILES string of the molecule is C=CC(=O)N1CCS(=O)(=O)C[C@@H]1COC(=O)N[C@@H](Cc1coc2ccccc12)B(O)O. The van der Waals surface area contributed by atoms with Crippen LogP contribution in [0.3, 0.4) is 0 Å². The van der Waals surface area contributed by atoms with Crippen LogP contribution in [0.1, 0.15) is 5.56 Å². The molecule has 2 heterocycles. The number of nitrogens with zero attached hydrogens (tertiary/aromatic N) is 1. The molecule has 1 aliphatic rings. The van der Waals surface area contributed by atoms with Gasteiger partial charge >= 0.3 is 13.2 Å². The standard InChI is InChI=1S/C19H23BN2O8S/c1-2-18(23)22-7-8-31(27,28)12-14(22)11-30-19(24)21-17(20(25)26)9-13-10-29-16-6-4-3-5-15(13)16/h2-6,10,14,17,25-26H,1,7-9,11-12H2,(H,21,24)/t14-,17-/m0/s1. The van der Waals surface area contributed by atoms with Crippen molar-refractivity contribution in [3.8, 4) is 0 Å². The first-order valence-electron chi connectivity index (χ1n) is 9.58. The molecule has 0 saturated carbocycles. The van der Waals surface area contributed by atoms with E-state index in [9.17, 15) is 28.1 Å². The van der Waals surface area contributed by atoms with Gasteiger partial charge in [-0.1, -0.05) is 24.8 Å². The molecule has 0 radical (unpaired) electrons. The number of ether oxygens (including phenoxy) is 1. The highest BCUT2D eigenvalue weighted by Gasteiger charge is 2.34. The zero-order chi connectivity index (χ0) is 22.6. The van der Waals surface area contributed by atoms with Gasteiger partial charge in [0.1, 0.15) is 12.2 Å². The van der Waals surface area contributed by atoms with E-state index in [0.717, 1.165) is 11.5 Å². The number of benzene rings is 1. The predicted molar refractivity (Wildman–Crippen MR) is 113 cm³/mol. The summed E-state index contributed by atoms with van der Waals surface area (Å²) in [5, 5.41) is 22.5. The Morgan fingerprint density at radius 1 is 1.39 bits per heavy atom. The lowest BCUT2D eigenvalue weighted by atomic mass is 9.76. The summed E-state index contributed by atoms with van der Waals surface area (Å²) >= 11 is 0. The first-order valence-corrected chi connectivity index (χ1v) is 11.4. The molecule has 1 fully saturated rings. The molecule has 2 amide bonds. The van der Waals surface area contributed by atoms with E-state index in [0.29, 0.717) is 11.1 Å². The number of alkyl carbamates (subject to hydrolysis) is 1. The van der Waals surface area contributed by atoms with Gasteiger partial charge in [0, 0.05) is 11.9 Å². The topological polar surface area (TPSA) is 146 Å². The lowest BCUT2D eigenvalue weighted by Crippen LogP contribution is -2.54. The van der Waals surface area contributed by atoms with Crippen molar-refractivity contribution in [2.45, 2.75) is 18.4 Å². The highest BCUT2D eigenvalue weighted by molar-refractivity contribution is 7.91. The van der Waals surface area contributed by atoms with Crippen molar-refractivity contribution in [2.24, 2.45) is 0 Å². The second-order valence-corrected chi connectivity index (χ2v) is 9.46. The molecule has 0 unspecified atom stereocenters. The van der Waals surface area contributed by atoms with Crippen LogP contribution < -0.4 is 5.32 Å². The van der Waals surface area contributed by atoms with Crippen LogP contribution >= 0.6 is 0 Å². The molecule has 10 nitrogen and oxygen atoms in total. The van der Waals surface area contributed by atoms with Crippen LogP contribution in [0.2, 0.25) is 0 Å². The van der Waals surface area contributed by atoms with Gasteiger partial charge in [-0.15, -0.1) is 0 Å². The fraction of sp³-hybridized carbons (Fsp3) is 0.368. The number of fused-ring (bicyclic) bond motifs is 1. The Morgan fingerprint density at radius 3 is 2.84 bits per heavy atom. The molecule has 1 aliphatic heterocycles. The summed E-state index contributed by atoms with van der Waals surface area (Å²) in [6.07, 6.45) is 1.62. The van der Waals surface area contributed by atoms with Crippen molar-refractivity contribution in [3.63, 3.8) is 0 Å². The highest BCUT2D eigenvalue weighted by Crippen LogP contribution is 2.22. The molecule has 31 heavy (non-hydrogen) atoms. The van der Waals surface area contributed by atoms with Gasteiger partial charge in [0.05, 0.1) is 29.8 Å². The molecule has 3 N–H and O–H groups in total. The summed E-state index contributed by atoms with van der Waals surface area (Å²) in [6, 6.07) is 6.32. The molecule has 0 aliphatic carbocycles. The summed E-state index contributed by atoms with van der Waals surface area (Å²) in [5.41, 5.74) is 1.28. The van der Waals surface area contributed by atoms with Gasteiger partial charge in [-0.2, -0.15) is 0 Å². The number of amides is 2. The third kappa shape index (κ3) is 5.66. The van der Waals surface area contributed by atoms with Crippen LogP contribution in [0.15, 0.2) is 47.6 Å². The number of rotatable bonds is 7. The molecule has 0 bridgehead atoms. The van der Waals surface area contributed by atoms with Crippen molar-refractivity contribution < 1.29 is 37.2 Å². The van der Waals surface area contributed by atoms with Gasteiger partial charge in [-0.25, -0.2) is 13.2 Å². The Hall–Kier alpha value is -2.83. The van der Waals surface area contributed by atoms with Crippen molar-refractivity contribution in [3.05, 3.63) is 48.7 Å². The quantitative estimate of drug-likeness (QED) is 0.391. The minimum atomic E-state index is -3.38. The largest absolute Gasteiger partial charge is 0.475 e. The van der Waals surface area contributed by atoms with Gasteiger partial charge < -0.3 is 29.4 Å². The summed E-state index contributed by atoms with van der Waals surface area (Å²) < 4.78 is 34.4. The molecule has 12 heteroatoms. The van der Waals surface area contributed by atoms with Gasteiger partial charge in [-0.05, 0) is 24.1 Å². The zero-order valence-corrected chi connectivity index (χ0v) is 17.5. The lowest BCUT2D eigenvalue weighted by molar-refractivity contribution is -0.128. The van der Waals surface area contributed by atoms with E-state index >= 15 is 0 Å². The van der Waals surface area contributed by atoms with Crippen molar-refractivity contribution in [1.82, 2.24) is 10.2 Å². The summed E-state index contributed by atoms with van der Waals surface area (Å²) in [4.78, 5) is 25.5. The average molecular weight is 450 g/mol. The second-order valence-electron chi connectivity index (χ2n) is 7.23. The Morgan fingerprint density at radius 2 is 2.13 bits per heavy atom. The van der Waals surface area contributed by atoms with E-state index in [1.54, 1.807) is 12.1 Å². The van der Waals surface area contributed by atoms with E-state index in [2.05, 4.69) is 11.9 Å². The molecule has 1 aromatic carbocycles. The summed E-state index contributed by atoms with van der Waals surface area (Å²) in [7, 11) is -5.26. The van der Waals surface area contributed by atoms with E-state index in [-0.39, 0.29) is 31.1 Å². The van der Waals surface area contributed by atoms with Gasteiger partial charge in [0.2, 0.25) is 5.91 Å². The lowest BCUT2D eigenvalue weighted by Gasteiger charge is -2.34. The fourth-order valence-electron chi connectivity index (χ4n) is 3.46. The maximum atomic E-state index is 12.2. The monoisotopic (exact) mass is 450 g/mol. The number of hydrogen-bond donors (Lipinski definition) is 3. The number of furan rings is 1. The zero-order valence-electron chi connectivity index (χ0n) is 16.6. The molecule has 1 saturated heterocycles. The third-order valence-corrected chi connectivity index (χ3v) is 6.76. The van der Waals surface area contributed by atoms with E-state index in [4.69, 9.17) is 9.15 Å². The normalized spacial score (nSPS) is 18.9. The summed E-state index contributed by atoms with van der Waals surface area (Å²) in [6.45, 7) is 3.01. The smallest absolute Gasteiger partial charge is 0.464 e. The first-order chi connectivity index (χ1) is 14.7. The number of carbonyl (C=O) groups excluding carboxylic acids is 2. The number of carbonyl (C=O) groups is 2. The number of sulfone groups is 1. The molecule has 0 spiro atoms. The predicted octanol–water partition coefficient (Wildman–Crippen LogP) is -0.106. The van der Waals surface area contributed by atoms with Crippen LogP contribution in [-0.2, 0) is 25.8 Å². The Labute approximate surface area is 179 Å². The molecule has 2 atom stereocenters. The fourth-order valence-corrected chi connectivity index (χ4v) is 4.96. The molecular weight excluding hydrogens is 427 g/mol. The van der Waals surface area contributed by atoms with E-state index < -0.39 is 40.9 Å². The van der Waals surface area contributed by atoms with Gasteiger partial charge in [0.15, 0.2) is 9.84 Å². The second kappa shape index (κ2) is 9.54. The maximum absolute atomic E-state index is 12.2. The molecule has 166 valence electrons. The van der Waals surface area contributed by atoms with Crippen LogP contribution in [0.25, 0.3) is 11.0 Å². The molecule has 2 aromatic rings.